The van der Waals surface area contributed by atoms with E-state index in [0.717, 1.165) is 116 Å². The van der Waals surface area contributed by atoms with Crippen LogP contribution < -0.4 is 0 Å². The summed E-state index contributed by atoms with van der Waals surface area (Å²) in [6, 6.07) is 68.2. The topological polar surface area (TPSA) is 40.0 Å². The fourth-order valence-corrected chi connectivity index (χ4v) is 10.3. The van der Waals surface area contributed by atoms with E-state index in [2.05, 4.69) is 224 Å². The number of fused-ring (bicyclic) bond motifs is 6. The summed E-state index contributed by atoms with van der Waals surface area (Å²) in [6.07, 6.45) is 0. The summed E-state index contributed by atoms with van der Waals surface area (Å²) in [4.78, 5) is 14.8. The molecule has 0 saturated heterocycles. The quantitative estimate of drug-likeness (QED) is 0.150. The Labute approximate surface area is 408 Å². The summed E-state index contributed by atoms with van der Waals surface area (Å²) in [6.45, 7) is 21.6. The first-order valence-corrected chi connectivity index (χ1v) is 23.9. The van der Waals surface area contributed by atoms with Crippen molar-refractivity contribution in [1.82, 2.24) is 19.1 Å². The summed E-state index contributed by atoms with van der Waals surface area (Å²) in [5.74, 6) is 0.603. The monoisotopic (exact) mass is 899 g/mol. The molecule has 0 N–H and O–H groups in total. The van der Waals surface area contributed by atoms with Crippen LogP contribution in [0.4, 0.5) is 5.69 Å². The molecule has 0 bridgehead atoms. The highest BCUT2D eigenvalue weighted by atomic mass is 15.0. The van der Waals surface area contributed by atoms with Gasteiger partial charge in [0.05, 0.1) is 34.3 Å². The molecule has 12 aromatic rings. The summed E-state index contributed by atoms with van der Waals surface area (Å²) in [5.41, 5.74) is 22.6. The Morgan fingerprint density at radius 1 is 0.329 bits per heavy atom. The lowest BCUT2D eigenvalue weighted by molar-refractivity contribution is 1.05. The van der Waals surface area contributed by atoms with Crippen molar-refractivity contribution < 1.29 is 0 Å². The van der Waals surface area contributed by atoms with Gasteiger partial charge in [-0.3, -0.25) is 0 Å². The summed E-state index contributed by atoms with van der Waals surface area (Å²) in [5, 5.41) is 4.47. The third kappa shape index (κ3) is 7.33. The van der Waals surface area contributed by atoms with E-state index in [0.29, 0.717) is 11.5 Å². The average molecular weight is 900 g/mol. The summed E-state index contributed by atoms with van der Waals surface area (Å²) >= 11 is 0. The van der Waals surface area contributed by atoms with Gasteiger partial charge >= 0.3 is 0 Å². The molecule has 0 saturated carbocycles. The summed E-state index contributed by atoms with van der Waals surface area (Å²) < 4.78 is 4.66. The molecular formula is C65H49N5. The Hall–Kier alpha value is -8.85. The van der Waals surface area contributed by atoms with E-state index < -0.39 is 0 Å². The van der Waals surface area contributed by atoms with E-state index in [1.807, 2.05) is 19.9 Å². The maximum absolute atomic E-state index is 9.09. The molecule has 0 amide bonds. The van der Waals surface area contributed by atoms with Gasteiger partial charge in [-0.15, -0.1) is 0 Å². The van der Waals surface area contributed by atoms with Crippen molar-refractivity contribution >= 4 is 49.3 Å². The van der Waals surface area contributed by atoms with Gasteiger partial charge in [-0.25, -0.2) is 14.8 Å². The maximum Gasteiger partial charge on any atom is 0.212 e. The Morgan fingerprint density at radius 3 is 0.943 bits per heavy atom. The van der Waals surface area contributed by atoms with Crippen molar-refractivity contribution in [1.29, 1.82) is 0 Å². The fraction of sp³-hybridized carbons (Fsp3) is 0.0923. The van der Waals surface area contributed by atoms with Crippen molar-refractivity contribution in [2.45, 2.75) is 41.5 Å². The van der Waals surface area contributed by atoms with Crippen molar-refractivity contribution in [2.75, 3.05) is 0 Å². The van der Waals surface area contributed by atoms with Gasteiger partial charge in [0, 0.05) is 44.2 Å². The zero-order chi connectivity index (χ0) is 47.8. The van der Waals surface area contributed by atoms with Crippen LogP contribution in [-0.2, 0) is 0 Å². The van der Waals surface area contributed by atoms with Crippen LogP contribution in [0.15, 0.2) is 188 Å². The number of hydrogen-bond donors (Lipinski definition) is 0. The van der Waals surface area contributed by atoms with Crippen molar-refractivity contribution in [2.24, 2.45) is 0 Å². The van der Waals surface area contributed by atoms with Crippen LogP contribution in [-0.4, -0.2) is 19.1 Å². The number of nitrogens with zero attached hydrogens (tertiary/aromatic N) is 5. The molecule has 0 spiro atoms. The SMILES string of the molecule is [C-]#[N+]c1cc(-n2c3cc(-c4ccc(C)cc4)ccc3c3ccc(-c4ccc(C)cc4)cc32)c(-c2nc(C)cc(C)n2)cc1-n1c2cc(-c3ccc(C)cc3)ccc2c2ccc(-c3ccc(C)cc3)cc21. The molecule has 0 aliphatic carbocycles. The second kappa shape index (κ2) is 16.7. The van der Waals surface area contributed by atoms with E-state index in [4.69, 9.17) is 16.5 Å². The fourth-order valence-electron chi connectivity index (χ4n) is 10.3. The molecule has 0 aliphatic heterocycles. The molecule has 0 aliphatic rings. The zero-order valence-electron chi connectivity index (χ0n) is 40.1. The lowest BCUT2D eigenvalue weighted by Gasteiger charge is -2.19. The maximum atomic E-state index is 9.09. The van der Waals surface area contributed by atoms with E-state index in [-0.39, 0.29) is 0 Å². The highest BCUT2D eigenvalue weighted by Gasteiger charge is 2.24. The number of hydrogen-bond acceptors (Lipinski definition) is 2. The number of benzene rings is 9. The largest absolute Gasteiger partial charge is 0.319 e. The molecule has 12 rings (SSSR count). The van der Waals surface area contributed by atoms with Gasteiger partial charge in [0.2, 0.25) is 5.69 Å². The standard InChI is InChI=1S/C65H49N5/c1-39-8-16-45(17-9-39)49-24-28-53-54-29-25-50(46-18-10-40(2)11-19-46)34-60(54)69(59(53)33-49)63-38-58(66-7)64(37-57(63)65-67-43(5)32-44(6)68-65)70-61-35-51(47-20-12-41(3)13-21-47)26-30-55(61)56-31-27-52(36-62(56)70)48-22-14-42(4)15-23-48/h8-38H,1-6H3. The van der Waals surface area contributed by atoms with E-state index >= 15 is 0 Å². The number of rotatable bonds is 7. The average Bonchev–Trinajstić information content (AvgIpc) is 3.87. The third-order valence-electron chi connectivity index (χ3n) is 14.0. The van der Waals surface area contributed by atoms with E-state index in [1.165, 1.54) is 22.3 Å². The minimum atomic E-state index is 0.516. The lowest BCUT2D eigenvalue weighted by atomic mass is 10.0. The van der Waals surface area contributed by atoms with Gasteiger partial charge in [0.1, 0.15) is 0 Å². The molecule has 334 valence electrons. The van der Waals surface area contributed by atoms with Gasteiger partial charge in [-0.05, 0) is 129 Å². The van der Waals surface area contributed by atoms with Crippen LogP contribution in [0.2, 0.25) is 0 Å². The Bertz CT molecular complexity index is 3860. The predicted octanol–water partition coefficient (Wildman–Crippen LogP) is 17.4. The van der Waals surface area contributed by atoms with Crippen LogP contribution in [0.1, 0.15) is 33.6 Å². The first kappa shape index (κ1) is 42.5. The molecular weight excluding hydrogens is 851 g/mol. The van der Waals surface area contributed by atoms with Gasteiger partial charge in [-0.2, -0.15) is 0 Å². The minimum absolute atomic E-state index is 0.516. The molecule has 0 radical (unpaired) electrons. The highest BCUT2D eigenvalue weighted by molar-refractivity contribution is 6.13. The van der Waals surface area contributed by atoms with Gasteiger partial charge in [0.15, 0.2) is 5.82 Å². The van der Waals surface area contributed by atoms with Crippen LogP contribution in [0, 0.1) is 48.1 Å². The van der Waals surface area contributed by atoms with Crippen molar-refractivity contribution in [3.05, 3.63) is 233 Å². The Morgan fingerprint density at radius 2 is 0.629 bits per heavy atom. The molecule has 5 heteroatoms. The molecule has 0 unspecified atom stereocenters. The normalized spacial score (nSPS) is 11.6. The Kier molecular flexibility index (Phi) is 10.2. The first-order chi connectivity index (χ1) is 34.1. The minimum Gasteiger partial charge on any atom is -0.319 e. The van der Waals surface area contributed by atoms with Crippen LogP contribution in [0.3, 0.4) is 0 Å². The molecule has 9 aromatic carbocycles. The van der Waals surface area contributed by atoms with E-state index in [1.54, 1.807) is 0 Å². The predicted molar refractivity (Wildman–Crippen MR) is 293 cm³/mol. The highest BCUT2D eigenvalue weighted by Crippen LogP contribution is 2.45. The zero-order valence-corrected chi connectivity index (χ0v) is 40.1. The van der Waals surface area contributed by atoms with Crippen LogP contribution >= 0.6 is 0 Å². The lowest BCUT2D eigenvalue weighted by Crippen LogP contribution is -2.04. The van der Waals surface area contributed by atoms with Gasteiger partial charge < -0.3 is 9.13 Å². The molecule has 0 fully saturated rings. The number of aromatic nitrogens is 4. The van der Waals surface area contributed by atoms with E-state index in [9.17, 15) is 0 Å². The molecule has 3 aromatic heterocycles. The molecule has 70 heavy (non-hydrogen) atoms. The number of aryl methyl sites for hydroxylation is 6. The second-order valence-corrected chi connectivity index (χ2v) is 19.0. The first-order valence-electron chi connectivity index (χ1n) is 23.9. The van der Waals surface area contributed by atoms with Crippen LogP contribution in [0.5, 0.6) is 0 Å². The van der Waals surface area contributed by atoms with Gasteiger partial charge in [0.25, 0.3) is 0 Å². The smallest absolute Gasteiger partial charge is 0.212 e. The second-order valence-electron chi connectivity index (χ2n) is 19.0. The summed E-state index contributed by atoms with van der Waals surface area (Å²) in [7, 11) is 0. The van der Waals surface area contributed by atoms with Crippen molar-refractivity contribution in [3.63, 3.8) is 0 Å². The Balaban J connectivity index is 1.20. The third-order valence-corrected chi connectivity index (χ3v) is 14.0. The van der Waals surface area contributed by atoms with Gasteiger partial charge in [-0.1, -0.05) is 168 Å². The van der Waals surface area contributed by atoms with Crippen LogP contribution in [0.25, 0.3) is 116 Å². The molecule has 0 atom stereocenters. The van der Waals surface area contributed by atoms with Crippen molar-refractivity contribution in [3.8, 4) is 67.3 Å². The molecule has 5 nitrogen and oxygen atoms in total. The molecule has 3 heterocycles.